The Kier molecular flexibility index (Phi) is 4.04. The monoisotopic (exact) mass is 301 g/mol. The lowest BCUT2D eigenvalue weighted by Crippen LogP contribution is -2.22. The van der Waals surface area contributed by atoms with Crippen LogP contribution in [0.25, 0.3) is 0 Å². The van der Waals surface area contributed by atoms with Gasteiger partial charge < -0.3 is 9.67 Å². The van der Waals surface area contributed by atoms with Crippen molar-refractivity contribution in [3.8, 4) is 0 Å². The fourth-order valence-corrected chi connectivity index (χ4v) is 3.49. The minimum absolute atomic E-state index is 0.146. The Morgan fingerprint density at radius 3 is 2.79 bits per heavy atom. The molecule has 0 aliphatic rings. The van der Waals surface area contributed by atoms with Crippen molar-refractivity contribution < 1.29 is 13.5 Å². The lowest BCUT2D eigenvalue weighted by atomic mass is 10.5. The lowest BCUT2D eigenvalue weighted by Gasteiger charge is -2.02. The smallest absolute Gasteiger partial charge is 0.242 e. The van der Waals surface area contributed by atoms with E-state index in [1.54, 1.807) is 11.6 Å². The van der Waals surface area contributed by atoms with Crippen LogP contribution in [0.5, 0.6) is 0 Å². The molecule has 0 bridgehead atoms. The van der Waals surface area contributed by atoms with Crippen LogP contribution in [-0.4, -0.2) is 23.1 Å². The molecule has 0 atom stereocenters. The van der Waals surface area contributed by atoms with Crippen molar-refractivity contribution in [3.05, 3.63) is 34.0 Å². The second kappa shape index (κ2) is 5.41. The summed E-state index contributed by atoms with van der Waals surface area (Å²) in [5.41, 5.74) is 1.42. The first-order chi connectivity index (χ1) is 8.92. The third-order valence-electron chi connectivity index (χ3n) is 2.64. The fourth-order valence-electron chi connectivity index (χ4n) is 1.61. The second-order valence-corrected chi connectivity index (χ2v) is 6.85. The van der Waals surface area contributed by atoms with Crippen LogP contribution >= 0.6 is 11.3 Å². The van der Waals surface area contributed by atoms with Crippen LogP contribution in [0, 0.1) is 6.92 Å². The molecule has 2 rings (SSSR count). The van der Waals surface area contributed by atoms with Crippen LogP contribution in [0.3, 0.4) is 0 Å². The Bertz CT molecular complexity index is 673. The van der Waals surface area contributed by atoms with E-state index in [0.29, 0.717) is 5.69 Å². The van der Waals surface area contributed by atoms with Crippen molar-refractivity contribution in [1.82, 2.24) is 14.3 Å². The normalized spacial score (nSPS) is 11.9. The minimum Gasteiger partial charge on any atom is -0.390 e. The van der Waals surface area contributed by atoms with E-state index >= 15 is 0 Å². The zero-order chi connectivity index (χ0) is 14.0. The molecule has 6 nitrogen and oxygen atoms in total. The summed E-state index contributed by atoms with van der Waals surface area (Å²) in [4.78, 5) is 4.34. The molecule has 0 amide bonds. The molecule has 2 aromatic heterocycles. The lowest BCUT2D eigenvalue weighted by molar-refractivity contribution is 0.272. The first-order valence-electron chi connectivity index (χ1n) is 5.59. The van der Waals surface area contributed by atoms with E-state index in [9.17, 15) is 8.42 Å². The van der Waals surface area contributed by atoms with E-state index in [4.69, 9.17) is 5.11 Å². The van der Waals surface area contributed by atoms with E-state index in [0.717, 1.165) is 10.7 Å². The van der Waals surface area contributed by atoms with Gasteiger partial charge in [-0.05, 0) is 13.0 Å². The predicted molar refractivity (Wildman–Crippen MR) is 72.2 cm³/mol. The third kappa shape index (κ3) is 3.21. The summed E-state index contributed by atoms with van der Waals surface area (Å²) < 4.78 is 28.2. The van der Waals surface area contributed by atoms with Crippen LogP contribution in [0.1, 0.15) is 16.4 Å². The molecule has 0 unspecified atom stereocenters. The molecule has 0 fully saturated rings. The molecule has 0 saturated heterocycles. The van der Waals surface area contributed by atoms with Crippen LogP contribution in [0.15, 0.2) is 22.5 Å². The summed E-state index contributed by atoms with van der Waals surface area (Å²) in [6, 6.07) is 1.45. The van der Waals surface area contributed by atoms with Crippen LogP contribution in [0.4, 0.5) is 0 Å². The maximum atomic E-state index is 12.1. The molecule has 0 saturated carbocycles. The average molecular weight is 301 g/mol. The highest BCUT2D eigenvalue weighted by atomic mass is 32.2. The molecule has 0 aliphatic heterocycles. The summed E-state index contributed by atoms with van der Waals surface area (Å²) in [5, 5.41) is 11.7. The first-order valence-corrected chi connectivity index (χ1v) is 7.95. The standard InChI is InChI=1S/C11H15N3O3S2/c1-8-7-18-11(13-8)4-12-19(16,17)10-3-9(6-15)14(2)5-10/h3,5,7,12,15H,4,6H2,1-2H3. The number of nitrogens with zero attached hydrogens (tertiary/aromatic N) is 2. The second-order valence-electron chi connectivity index (χ2n) is 4.14. The van der Waals surface area contributed by atoms with Gasteiger partial charge in [0.15, 0.2) is 0 Å². The molecular formula is C11H15N3O3S2. The number of aromatic nitrogens is 2. The van der Waals surface area contributed by atoms with Gasteiger partial charge in [0.25, 0.3) is 0 Å². The van der Waals surface area contributed by atoms with Crippen molar-refractivity contribution in [3.63, 3.8) is 0 Å². The minimum atomic E-state index is -3.58. The molecule has 8 heteroatoms. The Morgan fingerprint density at radius 2 is 2.26 bits per heavy atom. The number of thiazole rings is 1. The molecule has 0 aromatic carbocycles. The van der Waals surface area contributed by atoms with Gasteiger partial charge in [0.2, 0.25) is 10.0 Å². The van der Waals surface area contributed by atoms with Crippen LogP contribution < -0.4 is 4.72 Å². The molecule has 0 spiro atoms. The predicted octanol–water partition coefficient (Wildman–Crippen LogP) is 0.761. The van der Waals surface area contributed by atoms with Gasteiger partial charge in [0.1, 0.15) is 5.01 Å². The number of aliphatic hydroxyl groups excluding tert-OH is 1. The van der Waals surface area contributed by atoms with E-state index in [2.05, 4.69) is 9.71 Å². The maximum absolute atomic E-state index is 12.1. The van der Waals surface area contributed by atoms with Gasteiger partial charge in [-0.3, -0.25) is 0 Å². The van der Waals surface area contributed by atoms with Gasteiger partial charge in [0, 0.05) is 30.0 Å². The van der Waals surface area contributed by atoms with Crippen LogP contribution in [-0.2, 0) is 30.2 Å². The molecule has 2 heterocycles. The molecule has 19 heavy (non-hydrogen) atoms. The first kappa shape index (κ1) is 14.2. The third-order valence-corrected chi connectivity index (χ3v) is 4.97. The summed E-state index contributed by atoms with van der Waals surface area (Å²) in [7, 11) is -1.89. The molecular weight excluding hydrogens is 286 g/mol. The quantitative estimate of drug-likeness (QED) is 0.854. The maximum Gasteiger partial charge on any atom is 0.242 e. The topological polar surface area (TPSA) is 84.2 Å². The Balaban J connectivity index is 2.13. The summed E-state index contributed by atoms with van der Waals surface area (Å²) in [5.74, 6) is 0. The zero-order valence-corrected chi connectivity index (χ0v) is 12.3. The van der Waals surface area contributed by atoms with Gasteiger partial charge in [-0.2, -0.15) is 0 Å². The molecule has 2 N–H and O–H groups in total. The largest absolute Gasteiger partial charge is 0.390 e. The highest BCUT2D eigenvalue weighted by molar-refractivity contribution is 7.89. The summed E-state index contributed by atoms with van der Waals surface area (Å²) >= 11 is 1.42. The number of aryl methyl sites for hydroxylation is 2. The fraction of sp³-hybridized carbons (Fsp3) is 0.364. The van der Waals surface area contributed by atoms with E-state index in [-0.39, 0.29) is 18.0 Å². The Labute approximate surface area is 115 Å². The average Bonchev–Trinajstić information content (AvgIpc) is 2.93. The van der Waals surface area contributed by atoms with Gasteiger partial charge >= 0.3 is 0 Å². The molecule has 104 valence electrons. The number of aliphatic hydroxyl groups is 1. The van der Waals surface area contributed by atoms with Crippen molar-refractivity contribution >= 4 is 21.4 Å². The number of hydrogen-bond donors (Lipinski definition) is 2. The highest BCUT2D eigenvalue weighted by Gasteiger charge is 2.17. The van der Waals surface area contributed by atoms with E-state index in [1.165, 1.54) is 23.6 Å². The zero-order valence-electron chi connectivity index (χ0n) is 10.6. The van der Waals surface area contributed by atoms with Crippen molar-refractivity contribution in [2.24, 2.45) is 7.05 Å². The van der Waals surface area contributed by atoms with E-state index < -0.39 is 10.0 Å². The van der Waals surface area contributed by atoms with Crippen molar-refractivity contribution in [1.29, 1.82) is 0 Å². The Morgan fingerprint density at radius 1 is 1.53 bits per heavy atom. The van der Waals surface area contributed by atoms with Gasteiger partial charge in [-0.1, -0.05) is 0 Å². The Hall–Kier alpha value is -1.22. The molecule has 2 aromatic rings. The van der Waals surface area contributed by atoms with Gasteiger partial charge in [-0.25, -0.2) is 18.1 Å². The number of sulfonamides is 1. The van der Waals surface area contributed by atoms with Crippen molar-refractivity contribution in [2.75, 3.05) is 0 Å². The van der Waals surface area contributed by atoms with Crippen LogP contribution in [0.2, 0.25) is 0 Å². The van der Waals surface area contributed by atoms with Crippen molar-refractivity contribution in [2.45, 2.75) is 25.0 Å². The highest BCUT2D eigenvalue weighted by Crippen LogP contribution is 2.15. The van der Waals surface area contributed by atoms with Gasteiger partial charge in [0.05, 0.1) is 18.0 Å². The summed E-state index contributed by atoms with van der Waals surface area (Å²) in [6.45, 7) is 1.83. The SMILES string of the molecule is Cc1csc(CNS(=O)(=O)c2cc(CO)n(C)c2)n1. The van der Waals surface area contributed by atoms with E-state index in [1.807, 2.05) is 12.3 Å². The summed E-state index contributed by atoms with van der Waals surface area (Å²) in [6.07, 6.45) is 1.47. The number of hydrogen-bond acceptors (Lipinski definition) is 5. The molecule has 0 radical (unpaired) electrons. The van der Waals surface area contributed by atoms with Gasteiger partial charge in [-0.15, -0.1) is 11.3 Å². The molecule has 0 aliphatic carbocycles. The number of nitrogens with one attached hydrogen (secondary N) is 1. The number of rotatable bonds is 5.